The van der Waals surface area contributed by atoms with Gasteiger partial charge in [-0.3, -0.25) is 0 Å². The van der Waals surface area contributed by atoms with Gasteiger partial charge in [0.25, 0.3) is 0 Å². The van der Waals surface area contributed by atoms with Crippen molar-refractivity contribution in [3.63, 3.8) is 0 Å². The predicted octanol–water partition coefficient (Wildman–Crippen LogP) is 4.58. The highest BCUT2D eigenvalue weighted by Gasteiger charge is 2.13. The molecule has 0 saturated heterocycles. The SMILES string of the molecule is CCC(CC)CC(N)c1ccc(Br)cc1C. The molecule has 0 radical (unpaired) electrons. The smallest absolute Gasteiger partial charge is 0.0300 e. The Balaban J connectivity index is 2.76. The summed E-state index contributed by atoms with van der Waals surface area (Å²) in [5, 5.41) is 0. The Morgan fingerprint density at radius 3 is 2.38 bits per heavy atom. The second kappa shape index (κ2) is 6.41. The fourth-order valence-corrected chi connectivity index (χ4v) is 2.64. The third-order valence-electron chi connectivity index (χ3n) is 3.37. The Labute approximate surface area is 108 Å². The maximum Gasteiger partial charge on any atom is 0.0300 e. The predicted molar refractivity (Wildman–Crippen MR) is 74.5 cm³/mol. The van der Waals surface area contributed by atoms with Crippen LogP contribution >= 0.6 is 15.9 Å². The van der Waals surface area contributed by atoms with Crippen LogP contribution in [0.2, 0.25) is 0 Å². The Morgan fingerprint density at radius 1 is 1.25 bits per heavy atom. The Kier molecular flexibility index (Phi) is 5.50. The lowest BCUT2D eigenvalue weighted by molar-refractivity contribution is 0.414. The number of aryl methyl sites for hydroxylation is 1. The Bertz CT molecular complexity index is 332. The molecule has 0 saturated carbocycles. The summed E-state index contributed by atoms with van der Waals surface area (Å²) in [4.78, 5) is 0. The number of benzene rings is 1. The molecule has 16 heavy (non-hydrogen) atoms. The first-order chi connectivity index (χ1) is 7.58. The second-order valence-corrected chi connectivity index (χ2v) is 5.44. The van der Waals surface area contributed by atoms with Gasteiger partial charge in [-0.25, -0.2) is 0 Å². The molecule has 0 heterocycles. The molecule has 0 amide bonds. The van der Waals surface area contributed by atoms with Gasteiger partial charge in [0.05, 0.1) is 0 Å². The van der Waals surface area contributed by atoms with Gasteiger partial charge in [0, 0.05) is 10.5 Å². The van der Waals surface area contributed by atoms with E-state index in [1.807, 2.05) is 0 Å². The first kappa shape index (κ1) is 13.7. The number of nitrogens with two attached hydrogens (primary N) is 1. The first-order valence-corrected chi connectivity index (χ1v) is 6.89. The van der Waals surface area contributed by atoms with E-state index in [0.717, 1.165) is 16.8 Å². The van der Waals surface area contributed by atoms with Crippen molar-refractivity contribution >= 4 is 15.9 Å². The van der Waals surface area contributed by atoms with Gasteiger partial charge in [-0.1, -0.05) is 48.7 Å². The topological polar surface area (TPSA) is 26.0 Å². The maximum atomic E-state index is 6.28. The molecule has 0 aliphatic carbocycles. The summed E-state index contributed by atoms with van der Waals surface area (Å²) in [7, 11) is 0. The van der Waals surface area contributed by atoms with Crippen LogP contribution in [0.4, 0.5) is 0 Å². The normalized spacial score (nSPS) is 13.1. The Morgan fingerprint density at radius 2 is 1.88 bits per heavy atom. The number of rotatable bonds is 5. The molecule has 0 bridgehead atoms. The largest absolute Gasteiger partial charge is 0.324 e. The van der Waals surface area contributed by atoms with Crippen LogP contribution in [0.5, 0.6) is 0 Å². The van der Waals surface area contributed by atoms with Crippen molar-refractivity contribution in [1.82, 2.24) is 0 Å². The van der Waals surface area contributed by atoms with Crippen LogP contribution in [-0.4, -0.2) is 0 Å². The summed E-state index contributed by atoms with van der Waals surface area (Å²) in [6, 6.07) is 6.54. The molecule has 1 aromatic rings. The van der Waals surface area contributed by atoms with Crippen LogP contribution in [0, 0.1) is 12.8 Å². The molecule has 2 heteroatoms. The monoisotopic (exact) mass is 283 g/mol. The van der Waals surface area contributed by atoms with Crippen LogP contribution in [-0.2, 0) is 0 Å². The third kappa shape index (κ3) is 3.60. The van der Waals surface area contributed by atoms with Gasteiger partial charge in [-0.05, 0) is 42.5 Å². The Hall–Kier alpha value is -0.340. The van der Waals surface area contributed by atoms with E-state index < -0.39 is 0 Å². The van der Waals surface area contributed by atoms with E-state index in [0.29, 0.717) is 0 Å². The number of halogens is 1. The van der Waals surface area contributed by atoms with Crippen molar-refractivity contribution in [1.29, 1.82) is 0 Å². The van der Waals surface area contributed by atoms with Crippen molar-refractivity contribution in [2.75, 3.05) is 0 Å². The van der Waals surface area contributed by atoms with Crippen molar-refractivity contribution in [3.8, 4) is 0 Å². The van der Waals surface area contributed by atoms with Crippen molar-refractivity contribution < 1.29 is 0 Å². The summed E-state index contributed by atoms with van der Waals surface area (Å²) >= 11 is 3.48. The molecule has 1 aromatic carbocycles. The first-order valence-electron chi connectivity index (χ1n) is 6.10. The molecular weight excluding hydrogens is 262 g/mol. The second-order valence-electron chi connectivity index (χ2n) is 4.53. The minimum Gasteiger partial charge on any atom is -0.324 e. The highest BCUT2D eigenvalue weighted by Crippen LogP contribution is 2.27. The fraction of sp³-hybridized carbons (Fsp3) is 0.571. The molecule has 0 aliphatic rings. The molecule has 0 fully saturated rings. The van der Waals surface area contributed by atoms with E-state index in [-0.39, 0.29) is 6.04 Å². The fourth-order valence-electron chi connectivity index (χ4n) is 2.16. The highest BCUT2D eigenvalue weighted by molar-refractivity contribution is 9.10. The van der Waals surface area contributed by atoms with Gasteiger partial charge in [0.1, 0.15) is 0 Å². The standard InChI is InChI=1S/C14H22BrN/c1-4-11(5-2)9-14(16)13-7-6-12(15)8-10(13)3/h6-8,11,14H,4-5,9,16H2,1-3H3. The average Bonchev–Trinajstić information content (AvgIpc) is 2.25. The lowest BCUT2D eigenvalue weighted by atomic mass is 9.90. The maximum absolute atomic E-state index is 6.28. The van der Waals surface area contributed by atoms with Crippen molar-refractivity contribution in [2.24, 2.45) is 11.7 Å². The molecule has 0 spiro atoms. The van der Waals surface area contributed by atoms with Gasteiger partial charge in [0.2, 0.25) is 0 Å². The zero-order valence-corrected chi connectivity index (χ0v) is 12.0. The van der Waals surface area contributed by atoms with E-state index in [9.17, 15) is 0 Å². The van der Waals surface area contributed by atoms with Crippen LogP contribution in [0.15, 0.2) is 22.7 Å². The van der Waals surface area contributed by atoms with Gasteiger partial charge in [0.15, 0.2) is 0 Å². The minimum absolute atomic E-state index is 0.179. The molecule has 0 aliphatic heterocycles. The van der Waals surface area contributed by atoms with E-state index in [2.05, 4.69) is 54.9 Å². The van der Waals surface area contributed by atoms with Crippen LogP contribution in [0.3, 0.4) is 0 Å². The summed E-state index contributed by atoms with van der Waals surface area (Å²) in [5.41, 5.74) is 8.85. The summed E-state index contributed by atoms with van der Waals surface area (Å²) in [6.45, 7) is 6.62. The quantitative estimate of drug-likeness (QED) is 0.841. The zero-order valence-electron chi connectivity index (χ0n) is 10.5. The molecule has 1 nitrogen and oxygen atoms in total. The lowest BCUT2D eigenvalue weighted by Crippen LogP contribution is -2.16. The molecule has 2 N–H and O–H groups in total. The van der Waals surface area contributed by atoms with E-state index in [4.69, 9.17) is 5.73 Å². The van der Waals surface area contributed by atoms with Gasteiger partial charge in [-0.2, -0.15) is 0 Å². The van der Waals surface area contributed by atoms with E-state index in [1.165, 1.54) is 24.0 Å². The van der Waals surface area contributed by atoms with Crippen LogP contribution < -0.4 is 5.73 Å². The summed E-state index contributed by atoms with van der Waals surface area (Å²) in [6.07, 6.45) is 3.54. The highest BCUT2D eigenvalue weighted by atomic mass is 79.9. The molecule has 1 atom stereocenters. The van der Waals surface area contributed by atoms with Crippen molar-refractivity contribution in [2.45, 2.75) is 46.1 Å². The van der Waals surface area contributed by atoms with Crippen LogP contribution in [0.25, 0.3) is 0 Å². The van der Waals surface area contributed by atoms with Crippen LogP contribution in [0.1, 0.15) is 50.3 Å². The summed E-state index contributed by atoms with van der Waals surface area (Å²) < 4.78 is 1.13. The van der Waals surface area contributed by atoms with Gasteiger partial charge < -0.3 is 5.73 Å². The van der Waals surface area contributed by atoms with Crippen molar-refractivity contribution in [3.05, 3.63) is 33.8 Å². The van der Waals surface area contributed by atoms with Gasteiger partial charge in [-0.15, -0.1) is 0 Å². The number of hydrogen-bond donors (Lipinski definition) is 1. The molecule has 0 aromatic heterocycles. The van der Waals surface area contributed by atoms with E-state index in [1.54, 1.807) is 0 Å². The molecule has 90 valence electrons. The summed E-state index contributed by atoms with van der Waals surface area (Å²) in [5.74, 6) is 0.748. The third-order valence-corrected chi connectivity index (χ3v) is 3.87. The zero-order chi connectivity index (χ0) is 12.1. The number of hydrogen-bond acceptors (Lipinski definition) is 1. The lowest BCUT2D eigenvalue weighted by Gasteiger charge is -2.20. The van der Waals surface area contributed by atoms with Gasteiger partial charge >= 0.3 is 0 Å². The molecule has 1 unspecified atom stereocenters. The molecule has 1 rings (SSSR count). The van der Waals surface area contributed by atoms with E-state index >= 15 is 0 Å². The minimum atomic E-state index is 0.179. The molecular formula is C14H22BrN. The average molecular weight is 284 g/mol.